The number of ketones is 1. The molecule has 4 aliphatic rings. The van der Waals surface area contributed by atoms with Crippen LogP contribution < -0.4 is 10.7 Å². The first-order valence-electron chi connectivity index (χ1n) is 15.3. The largest absolute Gasteiger partial charge is 0.469 e. The van der Waals surface area contributed by atoms with E-state index in [0.717, 1.165) is 49.9 Å². The van der Waals surface area contributed by atoms with E-state index in [0.29, 0.717) is 53.3 Å². The number of hydrogen-bond donors (Lipinski definition) is 2. The minimum atomic E-state index is -0.114. The Labute approximate surface area is 245 Å². The lowest BCUT2D eigenvalue weighted by Crippen LogP contribution is -2.57. The highest BCUT2D eigenvalue weighted by molar-refractivity contribution is 7.80. The number of nitrogens with one attached hydrogen (secondary N) is 2. The number of aryl methyl sites for hydroxylation is 1. The molecule has 40 heavy (non-hydrogen) atoms. The Hall–Kier alpha value is -2.28. The van der Waals surface area contributed by atoms with Crippen molar-refractivity contribution in [3.8, 4) is 0 Å². The Bertz CT molecular complexity index is 1180. The van der Waals surface area contributed by atoms with Gasteiger partial charge in [-0.25, -0.2) is 0 Å². The molecule has 218 valence electrons. The van der Waals surface area contributed by atoms with Gasteiger partial charge in [-0.1, -0.05) is 32.9 Å². The topological polar surface area (TPSA) is 79.8 Å². The quantitative estimate of drug-likeness (QED) is 0.218. The number of anilines is 1. The zero-order valence-electron chi connectivity index (χ0n) is 24.9. The lowest BCUT2D eigenvalue weighted by molar-refractivity contribution is -0.153. The van der Waals surface area contributed by atoms with Crippen molar-refractivity contribution in [3.05, 3.63) is 29.8 Å². The minimum absolute atomic E-state index is 0.114. The van der Waals surface area contributed by atoms with Crippen LogP contribution in [0, 0.1) is 53.3 Å². The van der Waals surface area contributed by atoms with Crippen molar-refractivity contribution in [2.45, 2.75) is 91.9 Å². The summed E-state index contributed by atoms with van der Waals surface area (Å²) in [6.07, 6.45) is 9.64. The van der Waals surface area contributed by atoms with Crippen LogP contribution in [0.5, 0.6) is 0 Å². The van der Waals surface area contributed by atoms with Gasteiger partial charge >= 0.3 is 5.97 Å². The number of fused-ring (bicyclic) bond motifs is 5. The molecule has 0 radical (unpaired) electrons. The van der Waals surface area contributed by atoms with Gasteiger partial charge in [0.2, 0.25) is 0 Å². The molecule has 8 atom stereocenters. The third-order valence-corrected chi connectivity index (χ3v) is 11.9. The zero-order valence-corrected chi connectivity index (χ0v) is 25.7. The first kappa shape index (κ1) is 29.2. The Kier molecular flexibility index (Phi) is 8.43. The molecule has 1 aromatic carbocycles. The number of Topliss-reactive ketones (excluding diaryl/α,β-unsaturated/α-hetero) is 1. The van der Waals surface area contributed by atoms with E-state index in [9.17, 15) is 9.59 Å². The van der Waals surface area contributed by atoms with E-state index in [4.69, 9.17) is 22.1 Å². The molecule has 2 N–H and O–H groups in total. The average Bonchev–Trinajstić information content (AvgIpc) is 3.28. The Morgan fingerprint density at radius 3 is 2.67 bits per heavy atom. The summed E-state index contributed by atoms with van der Waals surface area (Å²) in [7, 11) is 1.47. The van der Waals surface area contributed by atoms with Crippen molar-refractivity contribution in [1.29, 1.82) is 0 Å². The second-order valence-corrected chi connectivity index (χ2v) is 14.2. The molecule has 1 aromatic rings. The minimum Gasteiger partial charge on any atom is -0.469 e. The molecule has 0 saturated heterocycles. The molecule has 5 rings (SSSR count). The van der Waals surface area contributed by atoms with Crippen LogP contribution in [0.1, 0.15) is 90.5 Å². The van der Waals surface area contributed by atoms with Gasteiger partial charge in [0.05, 0.1) is 7.11 Å². The Morgan fingerprint density at radius 1 is 1.15 bits per heavy atom. The highest BCUT2D eigenvalue weighted by atomic mass is 32.1. The summed E-state index contributed by atoms with van der Waals surface area (Å²) < 4.78 is 4.90. The maximum atomic E-state index is 13.9. The van der Waals surface area contributed by atoms with Crippen LogP contribution in [0.4, 0.5) is 5.69 Å². The Morgan fingerprint density at radius 2 is 1.93 bits per heavy atom. The van der Waals surface area contributed by atoms with Crippen molar-refractivity contribution in [1.82, 2.24) is 5.43 Å². The first-order chi connectivity index (χ1) is 19.0. The van der Waals surface area contributed by atoms with Crippen molar-refractivity contribution in [3.63, 3.8) is 0 Å². The molecular formula is C33H47N3O3S. The number of esters is 1. The normalized spacial score (nSPS) is 36.7. The number of rotatable bonds is 6. The predicted octanol–water partition coefficient (Wildman–Crippen LogP) is 7.06. The van der Waals surface area contributed by atoms with E-state index < -0.39 is 0 Å². The molecule has 0 bridgehead atoms. The van der Waals surface area contributed by atoms with Gasteiger partial charge in [-0.05, 0) is 129 Å². The van der Waals surface area contributed by atoms with E-state index in [-0.39, 0.29) is 22.7 Å². The molecule has 0 heterocycles. The number of benzene rings is 1. The summed E-state index contributed by atoms with van der Waals surface area (Å²) in [5.74, 6) is 2.93. The number of methoxy groups -OCH3 is 1. The van der Waals surface area contributed by atoms with Crippen LogP contribution in [0.2, 0.25) is 0 Å². The van der Waals surface area contributed by atoms with E-state index in [1.165, 1.54) is 25.5 Å². The molecular weight excluding hydrogens is 518 g/mol. The Balaban J connectivity index is 1.23. The van der Waals surface area contributed by atoms with Gasteiger partial charge in [0.25, 0.3) is 0 Å². The van der Waals surface area contributed by atoms with E-state index in [2.05, 4.69) is 50.6 Å². The predicted molar refractivity (Wildman–Crippen MR) is 164 cm³/mol. The lowest BCUT2D eigenvalue weighted by atomic mass is 9.44. The van der Waals surface area contributed by atoms with Gasteiger partial charge in [0.1, 0.15) is 5.78 Å². The third-order valence-electron chi connectivity index (χ3n) is 11.7. The first-order valence-corrected chi connectivity index (χ1v) is 15.7. The van der Waals surface area contributed by atoms with Gasteiger partial charge in [-0.2, -0.15) is 5.10 Å². The maximum absolute atomic E-state index is 13.9. The van der Waals surface area contributed by atoms with Gasteiger partial charge in [-0.3, -0.25) is 15.0 Å². The van der Waals surface area contributed by atoms with Crippen LogP contribution in [-0.2, 0) is 14.3 Å². The van der Waals surface area contributed by atoms with Crippen LogP contribution in [0.15, 0.2) is 29.4 Å². The fourth-order valence-electron chi connectivity index (χ4n) is 9.48. The van der Waals surface area contributed by atoms with Crippen molar-refractivity contribution in [2.24, 2.45) is 51.4 Å². The SMILES string of the molecule is COC(=O)CC[C@@H](C)[C@H]1CC[C@H]2[C@@H]3C(=O)C[C@@H]4C/C(=N\NC(=S)Nc5cccc(C)c5)CC[C@]4(C)[C@H]3CC[C@]12C. The highest BCUT2D eigenvalue weighted by Gasteiger charge is 2.62. The molecule has 6 nitrogen and oxygen atoms in total. The number of nitrogens with zero attached hydrogens (tertiary/aromatic N) is 1. The number of hydrazone groups is 1. The van der Waals surface area contributed by atoms with Gasteiger partial charge in [-0.15, -0.1) is 0 Å². The number of ether oxygens (including phenoxy) is 1. The van der Waals surface area contributed by atoms with Gasteiger partial charge < -0.3 is 10.1 Å². The molecule has 0 aromatic heterocycles. The molecule has 0 unspecified atom stereocenters. The van der Waals surface area contributed by atoms with Gasteiger partial charge in [0, 0.05) is 30.2 Å². The summed E-state index contributed by atoms with van der Waals surface area (Å²) in [5, 5.41) is 8.42. The van der Waals surface area contributed by atoms with E-state index in [1.54, 1.807) is 0 Å². The highest BCUT2D eigenvalue weighted by Crippen LogP contribution is 2.67. The molecule has 0 aliphatic heterocycles. The van der Waals surface area contributed by atoms with Crippen molar-refractivity contribution >= 4 is 40.5 Å². The summed E-state index contributed by atoms with van der Waals surface area (Å²) in [6.45, 7) is 9.31. The smallest absolute Gasteiger partial charge is 0.305 e. The average molecular weight is 566 g/mol. The third kappa shape index (κ3) is 5.47. The number of carbonyl (C=O) groups excluding carboxylic acids is 2. The van der Waals surface area contributed by atoms with Crippen LogP contribution in [0.3, 0.4) is 0 Å². The summed E-state index contributed by atoms with van der Waals surface area (Å²) in [4.78, 5) is 25.7. The maximum Gasteiger partial charge on any atom is 0.305 e. The molecule has 0 spiro atoms. The van der Waals surface area contributed by atoms with Crippen molar-refractivity contribution < 1.29 is 14.3 Å². The molecule has 4 aliphatic carbocycles. The van der Waals surface area contributed by atoms with Gasteiger partial charge in [0.15, 0.2) is 5.11 Å². The van der Waals surface area contributed by atoms with Crippen molar-refractivity contribution in [2.75, 3.05) is 12.4 Å². The lowest BCUT2D eigenvalue weighted by Gasteiger charge is -2.60. The fraction of sp³-hybridized carbons (Fsp3) is 0.697. The number of carbonyl (C=O) groups is 2. The molecule has 4 fully saturated rings. The van der Waals surface area contributed by atoms with E-state index in [1.807, 2.05) is 12.1 Å². The number of hydrogen-bond acceptors (Lipinski definition) is 5. The van der Waals surface area contributed by atoms with Crippen LogP contribution in [0.25, 0.3) is 0 Å². The number of thiocarbonyl (C=S) groups is 1. The summed E-state index contributed by atoms with van der Waals surface area (Å²) >= 11 is 5.49. The van der Waals surface area contributed by atoms with E-state index >= 15 is 0 Å². The second kappa shape index (κ2) is 11.5. The molecule has 0 amide bonds. The standard InChI is InChI=1S/C33H47N3O3S/c1-20-7-6-8-23(17-20)34-31(40)36-35-24-13-15-32(3)22(18-24)19-28(37)30-26-11-10-25(21(2)9-12-29(38)39-5)33(26,4)16-14-27(30)32/h6-8,17,21-22,25-27,30H,9-16,18-19H2,1-5H3,(H2,34,36,40)/b35-24-/t21-,22+,25-,26+,27+,30+,32+,33-/m1/s1. The van der Waals surface area contributed by atoms with Crippen LogP contribution in [-0.4, -0.2) is 29.7 Å². The summed E-state index contributed by atoms with van der Waals surface area (Å²) in [6, 6.07) is 8.12. The monoisotopic (exact) mass is 565 g/mol. The zero-order chi connectivity index (χ0) is 28.7. The van der Waals surface area contributed by atoms with Crippen LogP contribution >= 0.6 is 12.2 Å². The summed E-state index contributed by atoms with van der Waals surface area (Å²) in [5.41, 5.74) is 6.70. The molecule has 7 heteroatoms. The molecule has 4 saturated carbocycles. The fourth-order valence-corrected chi connectivity index (χ4v) is 9.64. The second-order valence-electron chi connectivity index (χ2n) is 13.7.